The van der Waals surface area contributed by atoms with Crippen molar-refractivity contribution in [1.29, 1.82) is 0 Å². The standard InChI is InChI=1S/C42H49N7O9/c1-27-25-48(36-23-34(44-26-45-36)38-32-22-30(58-42(2)9-10-42)4-3-28(32)24-43-38)12-11-47(27)13-14-54-15-16-55-17-18-56-19-20-57-29-5-6-31-33(21-29)41(53)49(40(31)52)35-7-8-37(50)46-39(35)51/h3-6,21-23,26-27,35H,7-20,24-25H2,1-2H3,(H,46,50,51)/t27-,35?/m0/s1. The van der Waals surface area contributed by atoms with Gasteiger partial charge in [-0.05, 0) is 69.0 Å². The van der Waals surface area contributed by atoms with E-state index in [0.717, 1.165) is 72.5 Å². The highest BCUT2D eigenvalue weighted by molar-refractivity contribution is 6.23. The smallest absolute Gasteiger partial charge is 0.262 e. The van der Waals surface area contributed by atoms with Gasteiger partial charge in [0.1, 0.15) is 41.9 Å². The number of nitrogens with zero attached hydrogens (tertiary/aromatic N) is 6. The molecule has 306 valence electrons. The van der Waals surface area contributed by atoms with Gasteiger partial charge in [-0.2, -0.15) is 0 Å². The minimum absolute atomic E-state index is 0.0386. The van der Waals surface area contributed by atoms with Crippen LogP contribution in [0.5, 0.6) is 11.5 Å². The second-order valence-electron chi connectivity index (χ2n) is 15.5. The molecule has 1 saturated carbocycles. The zero-order valence-electron chi connectivity index (χ0n) is 32.9. The topological polar surface area (TPSA) is 174 Å². The molecule has 0 spiro atoms. The number of ether oxygens (including phenoxy) is 5. The van der Waals surface area contributed by atoms with Crippen LogP contribution in [0.25, 0.3) is 0 Å². The van der Waals surface area contributed by atoms with Crippen molar-refractivity contribution in [2.24, 2.45) is 4.99 Å². The predicted molar refractivity (Wildman–Crippen MR) is 210 cm³/mol. The highest BCUT2D eigenvalue weighted by atomic mass is 16.6. The van der Waals surface area contributed by atoms with E-state index in [-0.39, 0.29) is 36.2 Å². The van der Waals surface area contributed by atoms with Gasteiger partial charge in [0.25, 0.3) is 11.8 Å². The summed E-state index contributed by atoms with van der Waals surface area (Å²) in [6.07, 6.45) is 3.98. The maximum Gasteiger partial charge on any atom is 0.262 e. The van der Waals surface area contributed by atoms with Gasteiger partial charge in [-0.25, -0.2) is 9.97 Å². The van der Waals surface area contributed by atoms with Gasteiger partial charge in [-0.15, -0.1) is 0 Å². The number of benzene rings is 2. The van der Waals surface area contributed by atoms with E-state index in [2.05, 4.69) is 57.1 Å². The number of hydrogen-bond acceptors (Lipinski definition) is 14. The summed E-state index contributed by atoms with van der Waals surface area (Å²) in [6, 6.07) is 12.2. The molecule has 2 atom stereocenters. The second kappa shape index (κ2) is 17.3. The molecule has 2 aromatic carbocycles. The van der Waals surface area contributed by atoms with E-state index >= 15 is 0 Å². The molecule has 3 aromatic rings. The van der Waals surface area contributed by atoms with Crippen molar-refractivity contribution in [2.75, 3.05) is 77.3 Å². The van der Waals surface area contributed by atoms with E-state index in [4.69, 9.17) is 28.7 Å². The van der Waals surface area contributed by atoms with Crippen molar-refractivity contribution in [3.63, 3.8) is 0 Å². The Kier molecular flexibility index (Phi) is 11.8. The number of piperazine rings is 1. The monoisotopic (exact) mass is 795 g/mol. The molecule has 8 rings (SSSR count). The van der Waals surface area contributed by atoms with Crippen LogP contribution in [0.15, 0.2) is 53.8 Å². The Bertz CT molecular complexity index is 2090. The molecular weight excluding hydrogens is 747 g/mol. The summed E-state index contributed by atoms with van der Waals surface area (Å²) in [5, 5.41) is 2.19. The van der Waals surface area contributed by atoms with E-state index in [1.54, 1.807) is 12.4 Å². The fraction of sp³-hybridized carbons (Fsp3) is 0.500. The summed E-state index contributed by atoms with van der Waals surface area (Å²) in [6.45, 7) is 11.3. The minimum Gasteiger partial charge on any atom is -0.491 e. The highest BCUT2D eigenvalue weighted by Gasteiger charge is 2.45. The maximum atomic E-state index is 13.0. The van der Waals surface area contributed by atoms with Crippen molar-refractivity contribution < 1.29 is 42.9 Å². The fourth-order valence-electron chi connectivity index (χ4n) is 7.68. The summed E-state index contributed by atoms with van der Waals surface area (Å²) in [7, 11) is 0. The zero-order chi connectivity index (χ0) is 40.2. The van der Waals surface area contributed by atoms with Gasteiger partial charge in [-0.1, -0.05) is 6.07 Å². The number of anilines is 1. The first-order valence-corrected chi connectivity index (χ1v) is 20.1. The van der Waals surface area contributed by atoms with Crippen LogP contribution in [-0.4, -0.2) is 139 Å². The van der Waals surface area contributed by atoms with Gasteiger partial charge in [0.15, 0.2) is 0 Å². The lowest BCUT2D eigenvalue weighted by molar-refractivity contribution is -0.136. The summed E-state index contributed by atoms with van der Waals surface area (Å²) in [5.41, 5.74) is 4.33. The summed E-state index contributed by atoms with van der Waals surface area (Å²) < 4.78 is 29.1. The van der Waals surface area contributed by atoms with E-state index < -0.39 is 29.7 Å². The molecule has 0 radical (unpaired) electrons. The summed E-state index contributed by atoms with van der Waals surface area (Å²) >= 11 is 0. The van der Waals surface area contributed by atoms with Gasteiger partial charge < -0.3 is 28.6 Å². The number of fused-ring (bicyclic) bond motifs is 2. The Labute approximate surface area is 336 Å². The normalized spacial score (nSPS) is 21.2. The van der Waals surface area contributed by atoms with Crippen LogP contribution in [-0.2, 0) is 30.3 Å². The molecule has 1 N–H and O–H groups in total. The number of carbonyl (C=O) groups is 4. The average molecular weight is 796 g/mol. The third kappa shape index (κ3) is 8.89. The molecule has 5 heterocycles. The Hall–Kier alpha value is -5.29. The second-order valence-corrected chi connectivity index (χ2v) is 15.5. The number of rotatable bonds is 18. The Morgan fingerprint density at radius 3 is 2.29 bits per heavy atom. The Balaban J connectivity index is 0.679. The number of aromatic nitrogens is 2. The lowest BCUT2D eigenvalue weighted by Crippen LogP contribution is -2.54. The van der Waals surface area contributed by atoms with E-state index in [9.17, 15) is 19.2 Å². The predicted octanol–water partition coefficient (Wildman–Crippen LogP) is 2.80. The molecule has 2 saturated heterocycles. The number of hydrogen-bond donors (Lipinski definition) is 1. The van der Waals surface area contributed by atoms with E-state index in [0.29, 0.717) is 58.0 Å². The van der Waals surface area contributed by atoms with Crippen LogP contribution in [0, 0.1) is 0 Å². The average Bonchev–Trinajstić information content (AvgIpc) is 3.70. The first-order valence-electron chi connectivity index (χ1n) is 20.1. The Morgan fingerprint density at radius 1 is 0.810 bits per heavy atom. The van der Waals surface area contributed by atoms with Gasteiger partial charge in [0, 0.05) is 50.3 Å². The molecule has 3 fully saturated rings. The van der Waals surface area contributed by atoms with Crippen LogP contribution >= 0.6 is 0 Å². The lowest BCUT2D eigenvalue weighted by Gasteiger charge is -2.40. The zero-order valence-corrected chi connectivity index (χ0v) is 32.9. The van der Waals surface area contributed by atoms with E-state index in [1.165, 1.54) is 17.7 Å². The molecule has 4 amide bonds. The number of nitrogens with one attached hydrogen (secondary N) is 1. The summed E-state index contributed by atoms with van der Waals surface area (Å²) in [4.78, 5) is 69.4. The van der Waals surface area contributed by atoms with Crippen molar-refractivity contribution >= 4 is 35.2 Å². The van der Waals surface area contributed by atoms with Crippen molar-refractivity contribution in [2.45, 2.75) is 63.8 Å². The molecule has 16 heteroatoms. The van der Waals surface area contributed by atoms with Gasteiger partial charge >= 0.3 is 0 Å². The van der Waals surface area contributed by atoms with Crippen LogP contribution < -0.4 is 19.7 Å². The highest BCUT2D eigenvalue weighted by Crippen LogP contribution is 2.40. The molecule has 1 unspecified atom stereocenters. The van der Waals surface area contributed by atoms with Crippen molar-refractivity contribution in [1.82, 2.24) is 25.1 Å². The number of imide groups is 2. The Morgan fingerprint density at radius 2 is 1.53 bits per heavy atom. The SMILES string of the molecule is C[C@H]1CN(c2cc(C3=NCc4ccc(OC5(C)CC5)cc43)ncn2)CCN1CCOCCOCCOCCOc1ccc2c(c1)C(=O)N(C1CCC(=O)NC1=O)C2=O. The first-order chi connectivity index (χ1) is 28.2. The third-order valence-electron chi connectivity index (χ3n) is 11.2. The number of carbonyl (C=O) groups excluding carboxylic acids is 4. The number of amides is 4. The molecule has 1 aromatic heterocycles. The van der Waals surface area contributed by atoms with Crippen LogP contribution in [0.4, 0.5) is 5.82 Å². The quantitative estimate of drug-likeness (QED) is 0.147. The van der Waals surface area contributed by atoms with Crippen LogP contribution in [0.1, 0.15) is 77.1 Å². The first kappa shape index (κ1) is 39.5. The van der Waals surface area contributed by atoms with Gasteiger partial charge in [-0.3, -0.25) is 39.3 Å². The number of piperidine rings is 1. The molecule has 5 aliphatic rings. The molecule has 58 heavy (non-hydrogen) atoms. The maximum absolute atomic E-state index is 13.0. The van der Waals surface area contributed by atoms with Gasteiger partial charge in [0.05, 0.1) is 68.7 Å². The minimum atomic E-state index is -1.01. The van der Waals surface area contributed by atoms with E-state index in [1.807, 2.05) is 6.07 Å². The van der Waals surface area contributed by atoms with Gasteiger partial charge in [0.2, 0.25) is 11.8 Å². The van der Waals surface area contributed by atoms with Crippen molar-refractivity contribution in [3.05, 3.63) is 76.7 Å². The lowest BCUT2D eigenvalue weighted by atomic mass is 10.0. The van der Waals surface area contributed by atoms with Crippen LogP contribution in [0.3, 0.4) is 0 Å². The number of aliphatic imine (C=N–C) groups is 1. The molecule has 0 bridgehead atoms. The third-order valence-corrected chi connectivity index (χ3v) is 11.2. The van der Waals surface area contributed by atoms with Crippen molar-refractivity contribution in [3.8, 4) is 11.5 Å². The molecule has 16 nitrogen and oxygen atoms in total. The molecular formula is C42H49N7O9. The fourth-order valence-corrected chi connectivity index (χ4v) is 7.68. The molecule has 4 aliphatic heterocycles. The summed E-state index contributed by atoms with van der Waals surface area (Å²) in [5.74, 6) is 0.00173. The molecule has 1 aliphatic carbocycles. The largest absolute Gasteiger partial charge is 0.491 e. The van der Waals surface area contributed by atoms with Crippen LogP contribution in [0.2, 0.25) is 0 Å².